The zero-order chi connectivity index (χ0) is 18.4. The third kappa shape index (κ3) is 5.01. The van der Waals surface area contributed by atoms with Gasteiger partial charge in [-0.05, 0) is 34.6 Å². The molecule has 2 rings (SSSR count). The highest BCUT2D eigenvalue weighted by Crippen LogP contribution is 2.32. The highest BCUT2D eigenvalue weighted by Gasteiger charge is 2.16. The van der Waals surface area contributed by atoms with E-state index in [-0.39, 0.29) is 12.0 Å². The smallest absolute Gasteiger partial charge is 0.307 e. The number of para-hydroxylation sites is 1. The fraction of sp³-hybridized carbons (Fsp3) is 0.556. The van der Waals surface area contributed by atoms with Crippen LogP contribution in [0.25, 0.3) is 0 Å². The summed E-state index contributed by atoms with van der Waals surface area (Å²) in [6.07, 6.45) is 2.02. The molecule has 7 heteroatoms. The summed E-state index contributed by atoms with van der Waals surface area (Å²) >= 11 is 0. The van der Waals surface area contributed by atoms with Crippen molar-refractivity contribution in [2.45, 2.75) is 65.8 Å². The molecule has 2 N–H and O–H groups in total. The van der Waals surface area contributed by atoms with Crippen LogP contribution < -0.4 is 10.6 Å². The van der Waals surface area contributed by atoms with Crippen LogP contribution in [0.15, 0.2) is 18.2 Å². The quantitative estimate of drug-likeness (QED) is 0.781. The Morgan fingerprint density at radius 1 is 1.12 bits per heavy atom. The molecule has 136 valence electrons. The lowest BCUT2D eigenvalue weighted by Crippen LogP contribution is -2.22. The number of carbonyl (C=O) groups excluding carboxylic acids is 1. The number of aryl methyl sites for hydroxylation is 1. The van der Waals surface area contributed by atoms with E-state index in [1.807, 2.05) is 18.2 Å². The number of hydrogen-bond acceptors (Lipinski definition) is 4. The van der Waals surface area contributed by atoms with Crippen LogP contribution in [0.2, 0.25) is 0 Å². The first-order valence-corrected chi connectivity index (χ1v) is 8.91. The van der Waals surface area contributed by atoms with Crippen LogP contribution in [0.5, 0.6) is 0 Å². The molecule has 0 bridgehead atoms. The number of hydrogen-bond donors (Lipinski definition) is 2. The highest BCUT2D eigenvalue weighted by atomic mass is 16.2. The van der Waals surface area contributed by atoms with Crippen molar-refractivity contribution in [1.82, 2.24) is 20.2 Å². The summed E-state index contributed by atoms with van der Waals surface area (Å²) in [6, 6.07) is 5.77. The van der Waals surface area contributed by atoms with E-state index in [9.17, 15) is 4.79 Å². The van der Waals surface area contributed by atoms with E-state index in [2.05, 4.69) is 60.7 Å². The molecule has 2 aromatic rings. The molecule has 0 atom stereocenters. The lowest BCUT2D eigenvalue weighted by atomic mass is 9.93. The lowest BCUT2D eigenvalue weighted by molar-refractivity contribution is 0.262. The molecule has 1 aromatic carbocycles. The average Bonchev–Trinajstić information content (AvgIpc) is 2.99. The number of nitrogens with one attached hydrogen (secondary N) is 2. The van der Waals surface area contributed by atoms with Crippen LogP contribution >= 0.6 is 0 Å². The summed E-state index contributed by atoms with van der Waals surface area (Å²) in [4.78, 5) is 13.9. The van der Waals surface area contributed by atoms with Gasteiger partial charge in [-0.3, -0.25) is 5.32 Å². The molecule has 0 aliphatic rings. The highest BCUT2D eigenvalue weighted by molar-refractivity contribution is 5.99. The Hall–Kier alpha value is -2.44. The molecule has 7 nitrogen and oxygen atoms in total. The molecule has 0 saturated heterocycles. The topological polar surface area (TPSA) is 84.7 Å². The van der Waals surface area contributed by atoms with Crippen molar-refractivity contribution in [3.8, 4) is 0 Å². The van der Waals surface area contributed by atoms with Crippen molar-refractivity contribution in [3.63, 3.8) is 0 Å². The van der Waals surface area contributed by atoms with Gasteiger partial charge in [-0.1, -0.05) is 64.3 Å². The normalized spacial score (nSPS) is 11.2. The summed E-state index contributed by atoms with van der Waals surface area (Å²) < 4.78 is 0. The van der Waals surface area contributed by atoms with Gasteiger partial charge >= 0.3 is 6.03 Å². The van der Waals surface area contributed by atoms with Crippen molar-refractivity contribution in [1.29, 1.82) is 0 Å². The van der Waals surface area contributed by atoms with Gasteiger partial charge in [0.15, 0.2) is 0 Å². The first-order valence-electron chi connectivity index (χ1n) is 8.91. The zero-order valence-electron chi connectivity index (χ0n) is 15.7. The van der Waals surface area contributed by atoms with E-state index in [4.69, 9.17) is 0 Å². The van der Waals surface area contributed by atoms with Crippen LogP contribution in [0, 0.1) is 0 Å². The molecule has 25 heavy (non-hydrogen) atoms. The summed E-state index contributed by atoms with van der Waals surface area (Å²) in [7, 11) is 0. The van der Waals surface area contributed by atoms with Crippen LogP contribution in [0.4, 0.5) is 16.4 Å². The number of tetrazole rings is 1. The Bertz CT molecular complexity index is 681. The SMILES string of the molecule is CCCCn1nnc(NC(=O)Nc2c(C(C)C)cccc2C(C)C)n1. The Balaban J connectivity index is 2.13. The minimum absolute atomic E-state index is 0.210. The average molecular weight is 344 g/mol. The Morgan fingerprint density at radius 3 is 2.32 bits per heavy atom. The number of unbranched alkanes of at least 4 members (excludes halogenated alkanes) is 1. The number of urea groups is 1. The van der Waals surface area contributed by atoms with E-state index in [1.54, 1.807) is 0 Å². The Labute approximate surface area is 149 Å². The molecule has 0 spiro atoms. The first kappa shape index (κ1) is 18.9. The fourth-order valence-electron chi connectivity index (χ4n) is 2.63. The first-order chi connectivity index (χ1) is 11.9. The second kappa shape index (κ2) is 8.60. The van der Waals surface area contributed by atoms with E-state index in [0.717, 1.165) is 29.7 Å². The summed E-state index contributed by atoms with van der Waals surface area (Å²) in [5.74, 6) is 0.825. The number of amides is 2. The third-order valence-electron chi connectivity index (χ3n) is 4.00. The van der Waals surface area contributed by atoms with Crippen molar-refractivity contribution in [3.05, 3.63) is 29.3 Å². The van der Waals surface area contributed by atoms with Crippen molar-refractivity contribution in [2.75, 3.05) is 10.6 Å². The number of carbonyl (C=O) groups is 1. The second-order valence-corrected chi connectivity index (χ2v) is 6.76. The minimum Gasteiger partial charge on any atom is -0.307 e. The Kier molecular flexibility index (Phi) is 6.50. The molecule has 1 heterocycles. The molecule has 2 amide bonds. The van der Waals surface area contributed by atoms with Crippen LogP contribution in [-0.2, 0) is 6.54 Å². The van der Waals surface area contributed by atoms with Gasteiger partial charge in [0, 0.05) is 5.69 Å². The van der Waals surface area contributed by atoms with Crippen molar-refractivity contribution >= 4 is 17.7 Å². The van der Waals surface area contributed by atoms with Crippen molar-refractivity contribution in [2.24, 2.45) is 0 Å². The predicted molar refractivity (Wildman–Crippen MR) is 100.0 cm³/mol. The largest absolute Gasteiger partial charge is 0.326 e. The van der Waals surface area contributed by atoms with Gasteiger partial charge in [0.05, 0.1) is 6.54 Å². The van der Waals surface area contributed by atoms with Gasteiger partial charge < -0.3 is 5.32 Å². The number of nitrogens with zero attached hydrogens (tertiary/aromatic N) is 4. The number of rotatable bonds is 7. The minimum atomic E-state index is -0.356. The van der Waals surface area contributed by atoms with E-state index in [1.165, 1.54) is 4.80 Å². The molecule has 0 unspecified atom stereocenters. The van der Waals surface area contributed by atoms with E-state index in [0.29, 0.717) is 18.4 Å². The maximum Gasteiger partial charge on any atom is 0.326 e. The predicted octanol–water partition coefficient (Wildman–Crippen LogP) is 4.36. The summed E-state index contributed by atoms with van der Waals surface area (Å²) in [5.41, 5.74) is 3.09. The van der Waals surface area contributed by atoms with Gasteiger partial charge in [-0.15, -0.1) is 5.10 Å². The van der Waals surface area contributed by atoms with Gasteiger partial charge in [0.25, 0.3) is 5.95 Å². The van der Waals surface area contributed by atoms with Gasteiger partial charge in [-0.2, -0.15) is 4.80 Å². The van der Waals surface area contributed by atoms with Gasteiger partial charge in [0.1, 0.15) is 0 Å². The van der Waals surface area contributed by atoms with Crippen LogP contribution in [0.1, 0.15) is 70.4 Å². The van der Waals surface area contributed by atoms with E-state index >= 15 is 0 Å². The molecule has 0 fully saturated rings. The van der Waals surface area contributed by atoms with Crippen LogP contribution in [0.3, 0.4) is 0 Å². The van der Waals surface area contributed by atoms with Gasteiger partial charge in [0.2, 0.25) is 0 Å². The van der Waals surface area contributed by atoms with E-state index < -0.39 is 0 Å². The summed E-state index contributed by atoms with van der Waals surface area (Å²) in [6.45, 7) is 11.3. The monoisotopic (exact) mass is 344 g/mol. The maximum atomic E-state index is 12.4. The third-order valence-corrected chi connectivity index (χ3v) is 4.00. The molecule has 0 aliphatic heterocycles. The summed E-state index contributed by atoms with van der Waals surface area (Å²) in [5, 5.41) is 17.6. The zero-order valence-corrected chi connectivity index (χ0v) is 15.7. The Morgan fingerprint density at radius 2 is 1.76 bits per heavy atom. The molecular weight excluding hydrogens is 316 g/mol. The number of aromatic nitrogens is 4. The number of anilines is 2. The lowest BCUT2D eigenvalue weighted by Gasteiger charge is -2.20. The van der Waals surface area contributed by atoms with Crippen molar-refractivity contribution < 1.29 is 4.79 Å². The molecular formula is C18H28N6O. The standard InChI is InChI=1S/C18H28N6O/c1-6-7-11-24-22-17(21-23-24)20-18(25)19-16-14(12(2)3)9-8-10-15(16)13(4)5/h8-10,12-13H,6-7,11H2,1-5H3,(H2,19,20,22,25). The number of benzene rings is 1. The maximum absolute atomic E-state index is 12.4. The molecule has 1 aromatic heterocycles. The van der Waals surface area contributed by atoms with Gasteiger partial charge in [-0.25, -0.2) is 4.79 Å². The fourth-order valence-corrected chi connectivity index (χ4v) is 2.63. The molecule has 0 radical (unpaired) electrons. The second-order valence-electron chi connectivity index (χ2n) is 6.76. The molecule has 0 aliphatic carbocycles. The molecule has 0 saturated carbocycles. The van der Waals surface area contributed by atoms with Crippen LogP contribution in [-0.4, -0.2) is 26.2 Å².